The quantitative estimate of drug-likeness (QED) is 0.870. The molecular formula is C14H14Cl2N2O. The Balaban J connectivity index is 2.51. The number of aromatic nitrogens is 1. The Morgan fingerprint density at radius 1 is 1.53 bits per heavy atom. The molecule has 2 aromatic rings. The summed E-state index contributed by atoms with van der Waals surface area (Å²) in [6.45, 7) is 3.71. The highest BCUT2D eigenvalue weighted by atomic mass is 35.5. The van der Waals surface area contributed by atoms with Crippen LogP contribution in [0.4, 0.5) is 5.69 Å². The summed E-state index contributed by atoms with van der Waals surface area (Å²) in [6.07, 6.45) is 1.72. The van der Waals surface area contributed by atoms with Crippen molar-refractivity contribution < 1.29 is 4.79 Å². The molecule has 0 radical (unpaired) electrons. The molecule has 0 saturated carbocycles. The maximum Gasteiger partial charge on any atom is 0.228 e. The molecule has 0 aliphatic carbocycles. The predicted molar refractivity (Wildman–Crippen MR) is 80.0 cm³/mol. The van der Waals surface area contributed by atoms with Gasteiger partial charge >= 0.3 is 0 Å². The van der Waals surface area contributed by atoms with Gasteiger partial charge in [-0.1, -0.05) is 18.5 Å². The topological polar surface area (TPSA) is 42.0 Å². The van der Waals surface area contributed by atoms with Gasteiger partial charge in [0.15, 0.2) is 0 Å². The van der Waals surface area contributed by atoms with Crippen molar-refractivity contribution >= 4 is 45.7 Å². The predicted octanol–water partition coefficient (Wildman–Crippen LogP) is 4.01. The van der Waals surface area contributed by atoms with Gasteiger partial charge in [-0.2, -0.15) is 0 Å². The average molecular weight is 297 g/mol. The molecule has 0 saturated heterocycles. The lowest BCUT2D eigenvalue weighted by molar-refractivity contribution is -0.118. The molecule has 0 spiro atoms. The standard InChI is InChI=1S/C14H14Cl2N2O/c1-8-6-11(16)13(18-14(19)9(2)7-15)10-4-3-5-17-12(8)10/h3-6,9H,7H2,1-2H3,(H,18,19). The Labute approximate surface area is 121 Å². The van der Waals surface area contributed by atoms with E-state index >= 15 is 0 Å². The second-order valence-corrected chi connectivity index (χ2v) is 5.21. The number of carbonyl (C=O) groups is 1. The number of halogens is 2. The van der Waals surface area contributed by atoms with Crippen LogP contribution in [0.2, 0.25) is 5.02 Å². The fraction of sp³-hybridized carbons (Fsp3) is 0.286. The maximum absolute atomic E-state index is 11.9. The van der Waals surface area contributed by atoms with E-state index in [1.54, 1.807) is 19.2 Å². The first-order chi connectivity index (χ1) is 9.04. The van der Waals surface area contributed by atoms with E-state index in [-0.39, 0.29) is 17.7 Å². The van der Waals surface area contributed by atoms with Gasteiger partial charge in [-0.15, -0.1) is 11.6 Å². The van der Waals surface area contributed by atoms with E-state index in [1.165, 1.54) is 0 Å². The van der Waals surface area contributed by atoms with E-state index in [2.05, 4.69) is 10.3 Å². The number of aryl methyl sites for hydroxylation is 1. The van der Waals surface area contributed by atoms with Crippen LogP contribution < -0.4 is 5.32 Å². The molecule has 1 aromatic carbocycles. The van der Waals surface area contributed by atoms with Crippen molar-refractivity contribution in [2.45, 2.75) is 13.8 Å². The van der Waals surface area contributed by atoms with Crippen molar-refractivity contribution in [3.8, 4) is 0 Å². The van der Waals surface area contributed by atoms with Gasteiger partial charge in [-0.05, 0) is 30.7 Å². The molecule has 1 amide bonds. The summed E-state index contributed by atoms with van der Waals surface area (Å²) in [5.74, 6) is -0.150. The molecule has 1 N–H and O–H groups in total. The number of alkyl halides is 1. The monoisotopic (exact) mass is 296 g/mol. The first-order valence-corrected chi connectivity index (χ1v) is 6.86. The highest BCUT2D eigenvalue weighted by molar-refractivity contribution is 6.35. The van der Waals surface area contributed by atoms with E-state index in [0.717, 1.165) is 16.5 Å². The lowest BCUT2D eigenvalue weighted by Crippen LogP contribution is -2.21. The zero-order valence-corrected chi connectivity index (χ0v) is 12.2. The largest absolute Gasteiger partial charge is 0.324 e. The van der Waals surface area contributed by atoms with Crippen molar-refractivity contribution in [2.24, 2.45) is 5.92 Å². The Hall–Kier alpha value is -1.32. The molecule has 19 heavy (non-hydrogen) atoms. The zero-order valence-electron chi connectivity index (χ0n) is 10.7. The van der Waals surface area contributed by atoms with Crippen LogP contribution in [0, 0.1) is 12.8 Å². The third-order valence-corrected chi connectivity index (χ3v) is 3.72. The Morgan fingerprint density at radius 3 is 2.95 bits per heavy atom. The second-order valence-electron chi connectivity index (χ2n) is 4.49. The highest BCUT2D eigenvalue weighted by Gasteiger charge is 2.16. The maximum atomic E-state index is 11.9. The minimum atomic E-state index is -0.272. The molecule has 100 valence electrons. The average Bonchev–Trinajstić information content (AvgIpc) is 2.42. The number of pyridine rings is 1. The molecule has 1 heterocycles. The smallest absolute Gasteiger partial charge is 0.228 e. The van der Waals surface area contributed by atoms with Gasteiger partial charge in [0.2, 0.25) is 5.91 Å². The van der Waals surface area contributed by atoms with Gasteiger partial charge < -0.3 is 5.32 Å². The third-order valence-electron chi connectivity index (χ3n) is 2.96. The molecule has 1 unspecified atom stereocenters. The van der Waals surface area contributed by atoms with Gasteiger partial charge in [-0.25, -0.2) is 0 Å². The summed E-state index contributed by atoms with van der Waals surface area (Å²) < 4.78 is 0. The van der Waals surface area contributed by atoms with Crippen molar-refractivity contribution in [2.75, 3.05) is 11.2 Å². The van der Waals surface area contributed by atoms with Crippen LogP contribution in [-0.2, 0) is 4.79 Å². The lowest BCUT2D eigenvalue weighted by Gasteiger charge is -2.14. The fourth-order valence-corrected chi connectivity index (χ4v) is 2.28. The Bertz CT molecular complexity index is 628. The van der Waals surface area contributed by atoms with E-state index in [1.807, 2.05) is 19.1 Å². The molecule has 0 aliphatic rings. The van der Waals surface area contributed by atoms with Gasteiger partial charge in [0.05, 0.1) is 16.2 Å². The molecule has 0 fully saturated rings. The van der Waals surface area contributed by atoms with Crippen LogP contribution in [0.25, 0.3) is 10.9 Å². The van der Waals surface area contributed by atoms with E-state index < -0.39 is 0 Å². The van der Waals surface area contributed by atoms with Gasteiger partial charge in [0.1, 0.15) is 0 Å². The number of nitrogens with one attached hydrogen (secondary N) is 1. The van der Waals surface area contributed by atoms with Crippen LogP contribution in [0.5, 0.6) is 0 Å². The van der Waals surface area contributed by atoms with E-state index in [0.29, 0.717) is 10.7 Å². The Kier molecular flexibility index (Phi) is 4.27. The number of rotatable bonds is 3. The molecule has 1 atom stereocenters. The van der Waals surface area contributed by atoms with Crippen molar-refractivity contribution in [3.05, 3.63) is 35.0 Å². The number of anilines is 1. The molecular weight excluding hydrogens is 283 g/mol. The van der Waals surface area contributed by atoms with E-state index in [4.69, 9.17) is 23.2 Å². The molecule has 2 rings (SSSR count). The second kappa shape index (κ2) is 5.76. The number of amides is 1. The highest BCUT2D eigenvalue weighted by Crippen LogP contribution is 2.32. The summed E-state index contributed by atoms with van der Waals surface area (Å²) in [5.41, 5.74) is 2.40. The van der Waals surface area contributed by atoms with Crippen molar-refractivity contribution in [1.82, 2.24) is 4.98 Å². The summed E-state index contributed by atoms with van der Waals surface area (Å²) in [6, 6.07) is 5.51. The first-order valence-electron chi connectivity index (χ1n) is 5.95. The number of benzene rings is 1. The Morgan fingerprint density at radius 2 is 2.26 bits per heavy atom. The minimum absolute atomic E-state index is 0.147. The first kappa shape index (κ1) is 14.1. The lowest BCUT2D eigenvalue weighted by atomic mass is 10.1. The summed E-state index contributed by atoms with van der Waals surface area (Å²) in [7, 11) is 0. The third kappa shape index (κ3) is 2.82. The number of fused-ring (bicyclic) bond motifs is 1. The number of nitrogens with zero attached hydrogens (tertiary/aromatic N) is 1. The van der Waals surface area contributed by atoms with Gasteiger partial charge in [0.25, 0.3) is 0 Å². The van der Waals surface area contributed by atoms with Crippen LogP contribution in [0.1, 0.15) is 12.5 Å². The van der Waals surface area contributed by atoms with Crippen LogP contribution in [-0.4, -0.2) is 16.8 Å². The molecule has 3 nitrogen and oxygen atoms in total. The van der Waals surface area contributed by atoms with Gasteiger partial charge in [-0.3, -0.25) is 9.78 Å². The fourth-order valence-electron chi connectivity index (χ4n) is 1.82. The normalized spacial score (nSPS) is 12.4. The zero-order chi connectivity index (χ0) is 14.0. The number of hydrogen-bond donors (Lipinski definition) is 1. The van der Waals surface area contributed by atoms with Crippen LogP contribution in [0.3, 0.4) is 0 Å². The van der Waals surface area contributed by atoms with Crippen molar-refractivity contribution in [1.29, 1.82) is 0 Å². The summed E-state index contributed by atoms with van der Waals surface area (Å²) >= 11 is 11.9. The molecule has 0 aliphatic heterocycles. The molecule has 1 aromatic heterocycles. The number of hydrogen-bond acceptors (Lipinski definition) is 2. The van der Waals surface area contributed by atoms with E-state index in [9.17, 15) is 4.79 Å². The summed E-state index contributed by atoms with van der Waals surface area (Å²) in [5, 5.41) is 4.18. The van der Waals surface area contributed by atoms with Crippen molar-refractivity contribution in [3.63, 3.8) is 0 Å². The SMILES string of the molecule is Cc1cc(Cl)c(NC(=O)C(C)CCl)c2cccnc12. The summed E-state index contributed by atoms with van der Waals surface area (Å²) in [4.78, 5) is 16.3. The minimum Gasteiger partial charge on any atom is -0.324 e. The van der Waals surface area contributed by atoms with Crippen LogP contribution >= 0.6 is 23.2 Å². The van der Waals surface area contributed by atoms with Gasteiger partial charge in [0, 0.05) is 23.4 Å². The van der Waals surface area contributed by atoms with Crippen LogP contribution in [0.15, 0.2) is 24.4 Å². The molecule has 5 heteroatoms. The number of carbonyl (C=O) groups excluding carboxylic acids is 1. The molecule has 0 bridgehead atoms.